The Hall–Kier alpha value is -1.71. The van der Waals surface area contributed by atoms with Crippen LogP contribution in [0, 0.1) is 11.3 Å². The number of ether oxygens (including phenoxy) is 1. The average Bonchev–Trinajstić information content (AvgIpc) is 2.54. The smallest absolute Gasteiger partial charge is 0.225 e. The van der Waals surface area contributed by atoms with Crippen molar-refractivity contribution in [3.63, 3.8) is 0 Å². The second-order valence-corrected chi connectivity index (χ2v) is 6.69. The molecule has 6 heteroatoms. The lowest BCUT2D eigenvalue weighted by atomic mass is 10.2. The number of para-hydroxylation sites is 1. The van der Waals surface area contributed by atoms with Crippen LogP contribution >= 0.6 is 0 Å². The predicted octanol–water partition coefficient (Wildman–Crippen LogP) is 1.81. The molecule has 0 radical (unpaired) electrons. The number of benzene rings is 1. The molecular weight excluding hydrogens is 288 g/mol. The zero-order chi connectivity index (χ0) is 15.1. The van der Waals surface area contributed by atoms with Gasteiger partial charge in [0, 0.05) is 41.4 Å². The molecule has 1 aliphatic rings. The normalized spacial score (nSPS) is 16.9. The fourth-order valence-corrected chi connectivity index (χ4v) is 3.64. The van der Waals surface area contributed by atoms with Crippen molar-refractivity contribution in [3.8, 4) is 6.07 Å². The maximum absolute atomic E-state index is 12.1. The van der Waals surface area contributed by atoms with Crippen LogP contribution in [0.4, 0.5) is 5.69 Å². The Labute approximate surface area is 126 Å². The molecule has 0 bridgehead atoms. The molecule has 112 valence electrons. The summed E-state index contributed by atoms with van der Waals surface area (Å²) < 4.78 is 17.3. The van der Waals surface area contributed by atoms with E-state index in [1.54, 1.807) is 24.3 Å². The zero-order valence-corrected chi connectivity index (χ0v) is 12.5. The van der Waals surface area contributed by atoms with Crippen LogP contribution < -0.4 is 5.32 Å². The van der Waals surface area contributed by atoms with Gasteiger partial charge in [-0.2, -0.15) is 5.26 Å². The Morgan fingerprint density at radius 2 is 2.10 bits per heavy atom. The molecule has 0 spiro atoms. The van der Waals surface area contributed by atoms with Crippen molar-refractivity contribution >= 4 is 22.4 Å². The van der Waals surface area contributed by atoms with Gasteiger partial charge in [-0.25, -0.2) is 0 Å². The second kappa shape index (κ2) is 7.91. The maximum atomic E-state index is 12.1. The predicted molar refractivity (Wildman–Crippen MR) is 81.3 cm³/mol. The van der Waals surface area contributed by atoms with Crippen molar-refractivity contribution in [3.05, 3.63) is 29.8 Å². The Morgan fingerprint density at radius 1 is 1.38 bits per heavy atom. The first-order valence-electron chi connectivity index (χ1n) is 6.94. The monoisotopic (exact) mass is 306 g/mol. The zero-order valence-electron chi connectivity index (χ0n) is 11.7. The van der Waals surface area contributed by atoms with Crippen molar-refractivity contribution in [2.75, 3.05) is 24.3 Å². The number of carbonyl (C=O) groups is 1. The van der Waals surface area contributed by atoms with Crippen LogP contribution in [0.3, 0.4) is 0 Å². The van der Waals surface area contributed by atoms with Gasteiger partial charge in [0.25, 0.3) is 0 Å². The van der Waals surface area contributed by atoms with E-state index in [2.05, 4.69) is 5.32 Å². The summed E-state index contributed by atoms with van der Waals surface area (Å²) in [5.41, 5.74) is 0.929. The first-order valence-corrected chi connectivity index (χ1v) is 8.33. The molecule has 1 aromatic carbocycles. The van der Waals surface area contributed by atoms with Crippen LogP contribution in [0.2, 0.25) is 0 Å². The second-order valence-electron chi connectivity index (χ2n) is 4.85. The summed E-state index contributed by atoms with van der Waals surface area (Å²) >= 11 is 0. The first kappa shape index (κ1) is 15.7. The SMILES string of the molecule is N#Cc1ccccc1NC(=O)CCS(=O)C1CCOCC1. The van der Waals surface area contributed by atoms with Crippen LogP contribution in [0.25, 0.3) is 0 Å². The molecular formula is C15H18N2O3S. The van der Waals surface area contributed by atoms with Crippen molar-refractivity contribution in [1.29, 1.82) is 5.26 Å². The number of nitrogens with zero attached hydrogens (tertiary/aromatic N) is 1. The number of amides is 1. The van der Waals surface area contributed by atoms with Crippen LogP contribution in [0.5, 0.6) is 0 Å². The molecule has 1 atom stereocenters. The molecule has 1 aliphatic heterocycles. The van der Waals surface area contributed by atoms with Crippen LogP contribution in [0.15, 0.2) is 24.3 Å². The van der Waals surface area contributed by atoms with Crippen molar-refractivity contribution in [1.82, 2.24) is 0 Å². The van der Waals surface area contributed by atoms with E-state index in [-0.39, 0.29) is 17.6 Å². The van der Waals surface area contributed by atoms with Gasteiger partial charge in [-0.05, 0) is 25.0 Å². The van der Waals surface area contributed by atoms with Crippen molar-refractivity contribution in [2.45, 2.75) is 24.5 Å². The van der Waals surface area contributed by atoms with E-state index in [9.17, 15) is 9.00 Å². The summed E-state index contributed by atoms with van der Waals surface area (Å²) in [6.45, 7) is 1.30. The molecule has 2 rings (SSSR count). The summed E-state index contributed by atoms with van der Waals surface area (Å²) in [5, 5.41) is 11.8. The standard InChI is InChI=1S/C15H18N2O3S/c16-11-12-3-1-2-4-14(12)17-15(18)7-10-21(19)13-5-8-20-9-6-13/h1-4,13H,5-10H2,(H,17,18). The Balaban J connectivity index is 1.82. The lowest BCUT2D eigenvalue weighted by Crippen LogP contribution is -2.27. The van der Waals surface area contributed by atoms with Crippen LogP contribution in [-0.2, 0) is 20.3 Å². The number of carbonyl (C=O) groups excluding carboxylic acids is 1. The molecule has 5 nitrogen and oxygen atoms in total. The maximum Gasteiger partial charge on any atom is 0.225 e. The van der Waals surface area contributed by atoms with Gasteiger partial charge < -0.3 is 10.1 Å². The molecule has 0 aromatic heterocycles. The van der Waals surface area contributed by atoms with Gasteiger partial charge >= 0.3 is 0 Å². The number of hydrogen-bond acceptors (Lipinski definition) is 4. The third-order valence-electron chi connectivity index (χ3n) is 3.39. The van der Waals surface area contributed by atoms with E-state index < -0.39 is 10.8 Å². The summed E-state index contributed by atoms with van der Waals surface area (Å²) in [6, 6.07) is 8.87. The molecule has 0 aliphatic carbocycles. The molecule has 0 saturated carbocycles. The highest BCUT2D eigenvalue weighted by Crippen LogP contribution is 2.16. The van der Waals surface area contributed by atoms with E-state index >= 15 is 0 Å². The van der Waals surface area contributed by atoms with Gasteiger partial charge in [-0.15, -0.1) is 0 Å². The highest BCUT2D eigenvalue weighted by Gasteiger charge is 2.20. The minimum absolute atomic E-state index is 0.137. The molecule has 1 heterocycles. The highest BCUT2D eigenvalue weighted by atomic mass is 32.2. The van der Waals surface area contributed by atoms with Crippen molar-refractivity contribution in [2.24, 2.45) is 0 Å². The Bertz CT molecular complexity index is 562. The quantitative estimate of drug-likeness (QED) is 0.900. The third kappa shape index (κ3) is 4.66. The van der Waals surface area contributed by atoms with Gasteiger partial charge in [0.05, 0.1) is 11.3 Å². The Kier molecular flexibility index (Phi) is 5.90. The van der Waals surface area contributed by atoms with E-state index in [4.69, 9.17) is 10.00 Å². The number of anilines is 1. The lowest BCUT2D eigenvalue weighted by Gasteiger charge is -2.21. The summed E-state index contributed by atoms with van der Waals surface area (Å²) in [7, 11) is -0.998. The number of hydrogen-bond donors (Lipinski definition) is 1. The van der Waals surface area contributed by atoms with Gasteiger partial charge in [0.1, 0.15) is 6.07 Å². The third-order valence-corrected chi connectivity index (χ3v) is 5.21. The van der Waals surface area contributed by atoms with E-state index in [1.807, 2.05) is 6.07 Å². The molecule has 21 heavy (non-hydrogen) atoms. The fourth-order valence-electron chi connectivity index (χ4n) is 2.20. The van der Waals surface area contributed by atoms with Gasteiger partial charge in [0.2, 0.25) is 5.91 Å². The van der Waals surface area contributed by atoms with E-state index in [0.29, 0.717) is 30.2 Å². The van der Waals surface area contributed by atoms with Crippen LogP contribution in [-0.4, -0.2) is 34.3 Å². The van der Waals surface area contributed by atoms with E-state index in [0.717, 1.165) is 12.8 Å². The fraction of sp³-hybridized carbons (Fsp3) is 0.467. The largest absolute Gasteiger partial charge is 0.381 e. The lowest BCUT2D eigenvalue weighted by molar-refractivity contribution is -0.115. The number of nitrogens with one attached hydrogen (secondary N) is 1. The average molecular weight is 306 g/mol. The Morgan fingerprint density at radius 3 is 2.81 bits per heavy atom. The summed E-state index contributed by atoms with van der Waals surface area (Å²) in [5.74, 6) is 0.142. The molecule has 1 saturated heterocycles. The van der Waals surface area contributed by atoms with E-state index in [1.165, 1.54) is 0 Å². The molecule has 1 amide bonds. The minimum Gasteiger partial charge on any atom is -0.381 e. The number of rotatable bonds is 5. The number of nitriles is 1. The van der Waals surface area contributed by atoms with Gasteiger partial charge in [0.15, 0.2) is 0 Å². The molecule has 1 unspecified atom stereocenters. The minimum atomic E-state index is -0.998. The van der Waals surface area contributed by atoms with Crippen molar-refractivity contribution < 1.29 is 13.7 Å². The highest BCUT2D eigenvalue weighted by molar-refractivity contribution is 7.85. The molecule has 1 N–H and O–H groups in total. The van der Waals surface area contributed by atoms with Gasteiger partial charge in [-0.3, -0.25) is 9.00 Å². The first-order chi connectivity index (χ1) is 10.2. The summed E-state index contributed by atoms with van der Waals surface area (Å²) in [6.07, 6.45) is 1.79. The molecule has 1 aromatic rings. The topological polar surface area (TPSA) is 79.2 Å². The summed E-state index contributed by atoms with van der Waals surface area (Å²) in [4.78, 5) is 11.9. The van der Waals surface area contributed by atoms with Gasteiger partial charge in [-0.1, -0.05) is 12.1 Å². The molecule has 1 fully saturated rings. The van der Waals surface area contributed by atoms with Crippen LogP contribution in [0.1, 0.15) is 24.8 Å².